The van der Waals surface area contributed by atoms with Crippen LogP contribution in [0.15, 0.2) is 28.1 Å². The number of rotatable bonds is 1. The predicted molar refractivity (Wildman–Crippen MR) is 64.8 cm³/mol. The maximum atomic E-state index is 9.94. The van der Waals surface area contributed by atoms with Crippen molar-refractivity contribution in [2.75, 3.05) is 0 Å². The lowest BCUT2D eigenvalue weighted by molar-refractivity contribution is 0.0806. The van der Waals surface area contributed by atoms with Crippen molar-refractivity contribution in [3.63, 3.8) is 0 Å². The van der Waals surface area contributed by atoms with Gasteiger partial charge in [0.25, 0.3) is 0 Å². The minimum atomic E-state index is -0.758. The van der Waals surface area contributed by atoms with Gasteiger partial charge in [0.1, 0.15) is 0 Å². The van der Waals surface area contributed by atoms with Crippen LogP contribution in [-0.2, 0) is 5.60 Å². The zero-order valence-electron chi connectivity index (χ0n) is 8.04. The van der Waals surface area contributed by atoms with Gasteiger partial charge in [0.15, 0.2) is 0 Å². The van der Waals surface area contributed by atoms with Crippen molar-refractivity contribution >= 4 is 37.4 Å². The predicted octanol–water partition coefficient (Wildman–Crippen LogP) is 3.89. The fraction of sp³-hybridized carbons (Fsp3) is 0.273. The summed E-state index contributed by atoms with van der Waals surface area (Å²) in [5, 5.41) is 13.1. The smallest absolute Gasteiger partial charge is 0.0854 e. The van der Waals surface area contributed by atoms with Crippen molar-refractivity contribution in [3.05, 3.63) is 33.6 Å². The highest BCUT2D eigenvalue weighted by molar-refractivity contribution is 9.10. The molecule has 0 amide bonds. The van der Waals surface area contributed by atoms with Crippen molar-refractivity contribution in [2.45, 2.75) is 19.4 Å². The molecule has 1 N–H and O–H groups in total. The van der Waals surface area contributed by atoms with Crippen molar-refractivity contribution in [1.29, 1.82) is 0 Å². The lowest BCUT2D eigenvalue weighted by Gasteiger charge is -2.16. The molecule has 1 aromatic carbocycles. The highest BCUT2D eigenvalue weighted by Crippen LogP contribution is 2.34. The van der Waals surface area contributed by atoms with Crippen molar-refractivity contribution in [1.82, 2.24) is 0 Å². The molecule has 0 bridgehead atoms. The molecule has 1 aromatic heterocycles. The van der Waals surface area contributed by atoms with Crippen LogP contribution in [-0.4, -0.2) is 5.11 Å². The Balaban J connectivity index is 2.70. The molecular weight excluding hydrogens is 260 g/mol. The summed E-state index contributed by atoms with van der Waals surface area (Å²) < 4.78 is 2.28. The average Bonchev–Trinajstić information content (AvgIpc) is 2.45. The highest BCUT2D eigenvalue weighted by atomic mass is 79.9. The fourth-order valence-electron chi connectivity index (χ4n) is 1.48. The van der Waals surface area contributed by atoms with Gasteiger partial charge in [-0.1, -0.05) is 22.0 Å². The molecule has 0 spiro atoms. The Labute approximate surface area is 95.5 Å². The Hall–Kier alpha value is -0.380. The molecule has 0 saturated carbocycles. The Kier molecular flexibility index (Phi) is 2.41. The van der Waals surface area contributed by atoms with E-state index in [1.165, 1.54) is 4.70 Å². The normalized spacial score (nSPS) is 12.3. The summed E-state index contributed by atoms with van der Waals surface area (Å²) in [4.78, 5) is 0. The van der Waals surface area contributed by atoms with Crippen molar-refractivity contribution in [3.8, 4) is 0 Å². The third-order valence-corrected chi connectivity index (χ3v) is 3.64. The van der Waals surface area contributed by atoms with Crippen LogP contribution in [0.1, 0.15) is 19.4 Å². The molecule has 0 aliphatic carbocycles. The van der Waals surface area contributed by atoms with Crippen LogP contribution < -0.4 is 0 Å². The lowest BCUT2D eigenvalue weighted by Crippen LogP contribution is -2.14. The van der Waals surface area contributed by atoms with Gasteiger partial charge in [0, 0.05) is 14.7 Å². The van der Waals surface area contributed by atoms with Crippen LogP contribution in [0.4, 0.5) is 0 Å². The summed E-state index contributed by atoms with van der Waals surface area (Å²) in [5.41, 5.74) is 0.247. The van der Waals surface area contributed by atoms with Crippen LogP contribution in [0.25, 0.3) is 10.1 Å². The van der Waals surface area contributed by atoms with Gasteiger partial charge in [0.2, 0.25) is 0 Å². The first-order valence-electron chi connectivity index (χ1n) is 4.38. The summed E-state index contributed by atoms with van der Waals surface area (Å²) in [7, 11) is 0. The summed E-state index contributed by atoms with van der Waals surface area (Å²) in [5.74, 6) is 0. The molecule has 74 valence electrons. The topological polar surface area (TPSA) is 20.2 Å². The largest absolute Gasteiger partial charge is 0.386 e. The second kappa shape index (κ2) is 3.33. The standard InChI is InChI=1S/C11H11BrOS/c1-11(2,13)9-6-14-10-5-7(12)3-4-8(9)10/h3-6,13H,1-2H3. The summed E-state index contributed by atoms with van der Waals surface area (Å²) >= 11 is 5.10. The van der Waals surface area contributed by atoms with E-state index in [-0.39, 0.29) is 0 Å². The van der Waals surface area contributed by atoms with Crippen LogP contribution >= 0.6 is 27.3 Å². The Morgan fingerprint density at radius 3 is 2.71 bits per heavy atom. The molecule has 0 aliphatic rings. The van der Waals surface area contributed by atoms with Gasteiger partial charge in [-0.15, -0.1) is 11.3 Å². The van der Waals surface area contributed by atoms with E-state index < -0.39 is 5.60 Å². The van der Waals surface area contributed by atoms with Gasteiger partial charge in [-0.3, -0.25) is 0 Å². The minimum Gasteiger partial charge on any atom is -0.386 e. The number of aliphatic hydroxyl groups is 1. The van der Waals surface area contributed by atoms with Crippen LogP contribution in [0.3, 0.4) is 0 Å². The fourth-order valence-corrected chi connectivity index (χ4v) is 3.15. The maximum Gasteiger partial charge on any atom is 0.0854 e. The van der Waals surface area contributed by atoms with Gasteiger partial charge in [-0.25, -0.2) is 0 Å². The second-order valence-electron chi connectivity index (χ2n) is 3.85. The van der Waals surface area contributed by atoms with Crippen LogP contribution in [0.5, 0.6) is 0 Å². The van der Waals surface area contributed by atoms with Gasteiger partial charge in [0.05, 0.1) is 5.60 Å². The van der Waals surface area contributed by atoms with E-state index in [4.69, 9.17) is 0 Å². The molecule has 0 fully saturated rings. The molecule has 0 unspecified atom stereocenters. The summed E-state index contributed by atoms with van der Waals surface area (Å²) in [6, 6.07) is 6.13. The number of benzene rings is 1. The minimum absolute atomic E-state index is 0.758. The van der Waals surface area contributed by atoms with Crippen LogP contribution in [0.2, 0.25) is 0 Å². The van der Waals surface area contributed by atoms with Gasteiger partial charge >= 0.3 is 0 Å². The first-order valence-corrected chi connectivity index (χ1v) is 6.05. The van der Waals surface area contributed by atoms with Gasteiger partial charge in [-0.05, 0) is 36.7 Å². The van der Waals surface area contributed by atoms with Crippen LogP contribution in [0, 0.1) is 0 Å². The Morgan fingerprint density at radius 1 is 1.36 bits per heavy atom. The van der Waals surface area contributed by atoms with E-state index in [2.05, 4.69) is 22.0 Å². The summed E-state index contributed by atoms with van der Waals surface area (Å²) in [6.45, 7) is 3.63. The Morgan fingerprint density at radius 2 is 2.07 bits per heavy atom. The van der Waals surface area contributed by atoms with Gasteiger partial charge in [-0.2, -0.15) is 0 Å². The number of thiophene rings is 1. The van der Waals surface area contributed by atoms with E-state index >= 15 is 0 Å². The zero-order chi connectivity index (χ0) is 10.3. The number of fused-ring (bicyclic) bond motifs is 1. The molecule has 2 rings (SSSR count). The van der Waals surface area contributed by atoms with Crippen molar-refractivity contribution < 1.29 is 5.11 Å². The first-order chi connectivity index (χ1) is 6.48. The Bertz CT molecular complexity index is 468. The van der Waals surface area contributed by atoms with E-state index in [0.29, 0.717) is 0 Å². The number of hydrogen-bond donors (Lipinski definition) is 1. The lowest BCUT2D eigenvalue weighted by atomic mass is 9.98. The molecule has 3 heteroatoms. The SMILES string of the molecule is CC(C)(O)c1csc2cc(Br)ccc12. The molecule has 0 atom stereocenters. The molecule has 0 aliphatic heterocycles. The van der Waals surface area contributed by atoms with E-state index in [1.807, 2.05) is 31.4 Å². The quantitative estimate of drug-likeness (QED) is 0.834. The molecule has 14 heavy (non-hydrogen) atoms. The zero-order valence-corrected chi connectivity index (χ0v) is 10.4. The molecule has 1 nitrogen and oxygen atoms in total. The highest BCUT2D eigenvalue weighted by Gasteiger charge is 2.19. The van der Waals surface area contributed by atoms with E-state index in [1.54, 1.807) is 11.3 Å². The monoisotopic (exact) mass is 270 g/mol. The number of halogens is 1. The average molecular weight is 271 g/mol. The first kappa shape index (κ1) is 10.1. The second-order valence-corrected chi connectivity index (χ2v) is 5.68. The molecule has 2 aromatic rings. The molecule has 0 saturated heterocycles. The maximum absolute atomic E-state index is 9.94. The third-order valence-electron chi connectivity index (χ3n) is 2.20. The van der Waals surface area contributed by atoms with Gasteiger partial charge < -0.3 is 5.11 Å². The number of hydrogen-bond acceptors (Lipinski definition) is 2. The third kappa shape index (κ3) is 1.72. The van der Waals surface area contributed by atoms with E-state index in [0.717, 1.165) is 15.4 Å². The summed E-state index contributed by atoms with van der Waals surface area (Å²) in [6.07, 6.45) is 0. The molecular formula is C11H11BrOS. The molecule has 0 radical (unpaired) electrons. The van der Waals surface area contributed by atoms with Crippen molar-refractivity contribution in [2.24, 2.45) is 0 Å². The molecule has 1 heterocycles. The van der Waals surface area contributed by atoms with E-state index in [9.17, 15) is 5.11 Å².